The van der Waals surface area contributed by atoms with Crippen molar-refractivity contribution in [2.75, 3.05) is 12.8 Å². The number of rotatable bonds is 2. The second kappa shape index (κ2) is 4.87. The van der Waals surface area contributed by atoms with Crippen LogP contribution >= 0.6 is 0 Å². The maximum absolute atomic E-state index is 5.93. The van der Waals surface area contributed by atoms with Gasteiger partial charge in [0.1, 0.15) is 5.75 Å². The Bertz CT molecular complexity index is 854. The highest BCUT2D eigenvalue weighted by atomic mass is 16.5. The van der Waals surface area contributed by atoms with E-state index in [-0.39, 0.29) is 0 Å². The second-order valence-electron chi connectivity index (χ2n) is 5.37. The van der Waals surface area contributed by atoms with Crippen molar-refractivity contribution in [1.29, 1.82) is 0 Å². The first-order valence-electron chi connectivity index (χ1n) is 7.23. The summed E-state index contributed by atoms with van der Waals surface area (Å²) in [4.78, 5) is 0. The maximum atomic E-state index is 5.93. The Balaban J connectivity index is 1.90. The minimum atomic E-state index is 0.744. The SMILES string of the molecule is COc1ccccc1-c1nnc2n1CCc1ccc(N)cc1-2. The van der Waals surface area contributed by atoms with Gasteiger partial charge in [0, 0.05) is 17.8 Å². The van der Waals surface area contributed by atoms with Crippen molar-refractivity contribution in [3.63, 3.8) is 0 Å². The first kappa shape index (κ1) is 12.9. The smallest absolute Gasteiger partial charge is 0.168 e. The Labute approximate surface area is 128 Å². The van der Waals surface area contributed by atoms with Gasteiger partial charge in [-0.05, 0) is 36.2 Å². The van der Waals surface area contributed by atoms with Gasteiger partial charge in [-0.3, -0.25) is 0 Å². The molecule has 2 aromatic carbocycles. The van der Waals surface area contributed by atoms with Gasteiger partial charge in [-0.2, -0.15) is 0 Å². The third-order valence-corrected chi connectivity index (χ3v) is 4.08. The minimum absolute atomic E-state index is 0.744. The lowest BCUT2D eigenvalue weighted by Crippen LogP contribution is -2.12. The van der Waals surface area contributed by atoms with Crippen molar-refractivity contribution in [1.82, 2.24) is 14.8 Å². The molecule has 0 bridgehead atoms. The normalized spacial score (nSPS) is 12.6. The summed E-state index contributed by atoms with van der Waals surface area (Å²) in [6, 6.07) is 13.9. The molecule has 0 amide bonds. The molecule has 1 aliphatic rings. The Morgan fingerprint density at radius 3 is 2.64 bits per heavy atom. The van der Waals surface area contributed by atoms with E-state index in [1.807, 2.05) is 36.4 Å². The molecule has 2 heterocycles. The highest BCUT2D eigenvalue weighted by molar-refractivity contribution is 5.72. The van der Waals surface area contributed by atoms with E-state index in [0.29, 0.717) is 0 Å². The molecule has 22 heavy (non-hydrogen) atoms. The molecule has 1 aromatic heterocycles. The summed E-state index contributed by atoms with van der Waals surface area (Å²) in [6.07, 6.45) is 0.947. The van der Waals surface area contributed by atoms with Crippen molar-refractivity contribution in [3.05, 3.63) is 48.0 Å². The van der Waals surface area contributed by atoms with Crippen LogP contribution < -0.4 is 10.5 Å². The molecule has 0 spiro atoms. The maximum Gasteiger partial charge on any atom is 0.168 e. The number of nitrogen functional groups attached to an aromatic ring is 1. The number of para-hydroxylation sites is 1. The Morgan fingerprint density at radius 2 is 1.82 bits per heavy atom. The van der Waals surface area contributed by atoms with Gasteiger partial charge in [0.05, 0.1) is 12.7 Å². The van der Waals surface area contributed by atoms with Crippen LogP contribution in [-0.2, 0) is 13.0 Å². The topological polar surface area (TPSA) is 66.0 Å². The van der Waals surface area contributed by atoms with E-state index < -0.39 is 0 Å². The second-order valence-corrected chi connectivity index (χ2v) is 5.37. The number of nitrogens with two attached hydrogens (primary N) is 1. The van der Waals surface area contributed by atoms with Crippen LogP contribution in [-0.4, -0.2) is 21.9 Å². The van der Waals surface area contributed by atoms with Crippen LogP contribution in [0.2, 0.25) is 0 Å². The molecule has 1 aliphatic heterocycles. The van der Waals surface area contributed by atoms with Crippen LogP contribution in [0.1, 0.15) is 5.56 Å². The number of aryl methyl sites for hydroxylation is 1. The van der Waals surface area contributed by atoms with E-state index in [1.54, 1.807) is 7.11 Å². The molecule has 0 unspecified atom stereocenters. The van der Waals surface area contributed by atoms with E-state index in [2.05, 4.69) is 20.8 Å². The molecule has 0 radical (unpaired) electrons. The lowest BCUT2D eigenvalue weighted by Gasteiger charge is -2.19. The monoisotopic (exact) mass is 292 g/mol. The Kier molecular flexibility index (Phi) is 2.85. The number of anilines is 1. The molecule has 3 aromatic rings. The van der Waals surface area contributed by atoms with Crippen LogP contribution in [0.5, 0.6) is 5.75 Å². The number of benzene rings is 2. The average molecular weight is 292 g/mol. The summed E-state index contributed by atoms with van der Waals surface area (Å²) >= 11 is 0. The van der Waals surface area contributed by atoms with Gasteiger partial charge in [0.2, 0.25) is 0 Å². The van der Waals surface area contributed by atoms with Crippen molar-refractivity contribution in [3.8, 4) is 28.5 Å². The highest BCUT2D eigenvalue weighted by Gasteiger charge is 2.23. The van der Waals surface area contributed by atoms with Crippen molar-refractivity contribution in [2.45, 2.75) is 13.0 Å². The Morgan fingerprint density at radius 1 is 1.05 bits per heavy atom. The van der Waals surface area contributed by atoms with E-state index in [1.165, 1.54) is 5.56 Å². The van der Waals surface area contributed by atoms with Crippen molar-refractivity contribution >= 4 is 5.69 Å². The Hall–Kier alpha value is -2.82. The first-order chi connectivity index (χ1) is 10.8. The van der Waals surface area contributed by atoms with Crippen molar-refractivity contribution < 1.29 is 4.74 Å². The largest absolute Gasteiger partial charge is 0.496 e. The summed E-state index contributed by atoms with van der Waals surface area (Å²) in [5.41, 5.74) is 9.96. The molecule has 0 saturated carbocycles. The first-order valence-corrected chi connectivity index (χ1v) is 7.23. The van der Waals surface area contributed by atoms with Gasteiger partial charge in [0.25, 0.3) is 0 Å². The number of ether oxygens (including phenoxy) is 1. The molecule has 0 atom stereocenters. The predicted octanol–water partition coefficient (Wildman–Crippen LogP) is 2.76. The van der Waals surface area contributed by atoms with Crippen LogP contribution in [0, 0.1) is 0 Å². The predicted molar refractivity (Wildman–Crippen MR) is 85.6 cm³/mol. The van der Waals surface area contributed by atoms with Crippen LogP contribution in [0.25, 0.3) is 22.8 Å². The fourth-order valence-corrected chi connectivity index (χ4v) is 3.00. The van der Waals surface area contributed by atoms with Crippen molar-refractivity contribution in [2.24, 2.45) is 0 Å². The summed E-state index contributed by atoms with van der Waals surface area (Å²) in [5.74, 6) is 2.51. The number of methoxy groups -OCH3 is 1. The lowest BCUT2D eigenvalue weighted by atomic mass is 9.99. The number of aromatic nitrogens is 3. The number of fused-ring (bicyclic) bond motifs is 3. The standard InChI is InChI=1S/C17H16N4O/c1-22-15-5-3-2-4-13(15)16-19-20-17-14-10-12(18)7-6-11(14)8-9-21(16)17/h2-7,10H,8-9,18H2,1H3. The van der Waals surface area contributed by atoms with E-state index in [9.17, 15) is 0 Å². The average Bonchev–Trinajstić information content (AvgIpc) is 2.99. The zero-order valence-corrected chi connectivity index (χ0v) is 12.3. The van der Waals surface area contributed by atoms with E-state index in [0.717, 1.165) is 47.2 Å². The van der Waals surface area contributed by atoms with Gasteiger partial charge < -0.3 is 15.0 Å². The summed E-state index contributed by atoms with van der Waals surface area (Å²) in [5, 5.41) is 8.79. The van der Waals surface area contributed by atoms with E-state index in [4.69, 9.17) is 10.5 Å². The molecular formula is C17H16N4O. The van der Waals surface area contributed by atoms with Gasteiger partial charge in [-0.15, -0.1) is 10.2 Å². The quantitative estimate of drug-likeness (QED) is 0.738. The minimum Gasteiger partial charge on any atom is -0.496 e. The molecule has 5 nitrogen and oxygen atoms in total. The van der Waals surface area contributed by atoms with E-state index >= 15 is 0 Å². The summed E-state index contributed by atoms with van der Waals surface area (Å²) in [6.45, 7) is 0.854. The van der Waals surface area contributed by atoms with Crippen LogP contribution in [0.15, 0.2) is 42.5 Å². The number of hydrogen-bond donors (Lipinski definition) is 1. The third kappa shape index (κ3) is 1.86. The molecule has 0 fully saturated rings. The summed E-state index contributed by atoms with van der Waals surface area (Å²) in [7, 11) is 1.67. The summed E-state index contributed by atoms with van der Waals surface area (Å²) < 4.78 is 7.59. The van der Waals surface area contributed by atoms with Crippen LogP contribution in [0.4, 0.5) is 5.69 Å². The molecule has 5 heteroatoms. The highest BCUT2D eigenvalue weighted by Crippen LogP contribution is 2.35. The number of hydrogen-bond acceptors (Lipinski definition) is 4. The number of nitrogens with zero attached hydrogens (tertiary/aromatic N) is 3. The lowest BCUT2D eigenvalue weighted by molar-refractivity contribution is 0.416. The molecular weight excluding hydrogens is 276 g/mol. The molecule has 0 saturated heterocycles. The molecule has 2 N–H and O–H groups in total. The van der Waals surface area contributed by atoms with Gasteiger partial charge in [-0.25, -0.2) is 0 Å². The fourth-order valence-electron chi connectivity index (χ4n) is 3.00. The van der Waals surface area contributed by atoms with Gasteiger partial charge in [-0.1, -0.05) is 18.2 Å². The van der Waals surface area contributed by atoms with Gasteiger partial charge in [0.15, 0.2) is 11.6 Å². The molecule has 0 aliphatic carbocycles. The fraction of sp³-hybridized carbons (Fsp3) is 0.176. The zero-order chi connectivity index (χ0) is 15.1. The zero-order valence-electron chi connectivity index (χ0n) is 12.3. The molecule has 110 valence electrons. The van der Waals surface area contributed by atoms with Gasteiger partial charge >= 0.3 is 0 Å². The van der Waals surface area contributed by atoms with Crippen LogP contribution in [0.3, 0.4) is 0 Å². The third-order valence-electron chi connectivity index (χ3n) is 4.08. The molecule has 4 rings (SSSR count).